The van der Waals surface area contributed by atoms with Crippen LogP contribution in [0.2, 0.25) is 0 Å². The summed E-state index contributed by atoms with van der Waals surface area (Å²) in [6, 6.07) is 0. The topological polar surface area (TPSA) is 26.0 Å². The Balaban J connectivity index is 4.70. The molecule has 0 saturated carbocycles. The molecule has 0 aromatic heterocycles. The standard InChI is InChI=1S/C11H25N/c1-7-11(6,8-12)10(4,5)9(2)3/h9H,7-8,12H2,1-6H3. The molecule has 0 aliphatic rings. The molecule has 0 aromatic carbocycles. The van der Waals surface area contributed by atoms with E-state index < -0.39 is 0 Å². The summed E-state index contributed by atoms with van der Waals surface area (Å²) >= 11 is 0. The van der Waals surface area contributed by atoms with Gasteiger partial charge in [0, 0.05) is 0 Å². The normalized spacial score (nSPS) is 18.0. The maximum Gasteiger partial charge on any atom is -0.00181 e. The lowest BCUT2D eigenvalue weighted by Crippen LogP contribution is -2.44. The summed E-state index contributed by atoms with van der Waals surface area (Å²) < 4.78 is 0. The van der Waals surface area contributed by atoms with Crippen LogP contribution in [-0.2, 0) is 0 Å². The predicted octanol–water partition coefficient (Wildman–Crippen LogP) is 3.04. The Kier molecular flexibility index (Phi) is 3.77. The van der Waals surface area contributed by atoms with Crippen LogP contribution in [0.1, 0.15) is 48.0 Å². The highest BCUT2D eigenvalue weighted by Gasteiger charge is 2.40. The predicted molar refractivity (Wildman–Crippen MR) is 56.1 cm³/mol. The molecular weight excluding hydrogens is 146 g/mol. The van der Waals surface area contributed by atoms with Gasteiger partial charge >= 0.3 is 0 Å². The van der Waals surface area contributed by atoms with Crippen LogP contribution >= 0.6 is 0 Å². The van der Waals surface area contributed by atoms with Crippen molar-refractivity contribution < 1.29 is 0 Å². The Labute approximate surface area is 77.7 Å². The SMILES string of the molecule is CCC(C)(CN)C(C)(C)C(C)C. The van der Waals surface area contributed by atoms with Gasteiger partial charge in [-0.05, 0) is 29.7 Å². The van der Waals surface area contributed by atoms with Crippen LogP contribution in [0.25, 0.3) is 0 Å². The molecule has 1 atom stereocenters. The van der Waals surface area contributed by atoms with Crippen LogP contribution in [0.3, 0.4) is 0 Å². The van der Waals surface area contributed by atoms with Gasteiger partial charge in [-0.1, -0.05) is 41.5 Å². The second kappa shape index (κ2) is 3.78. The molecule has 0 bridgehead atoms. The number of rotatable bonds is 4. The van der Waals surface area contributed by atoms with Gasteiger partial charge in [0.25, 0.3) is 0 Å². The highest BCUT2D eigenvalue weighted by molar-refractivity contribution is 4.91. The van der Waals surface area contributed by atoms with Crippen molar-refractivity contribution in [2.45, 2.75) is 48.0 Å². The van der Waals surface area contributed by atoms with Crippen LogP contribution in [-0.4, -0.2) is 6.54 Å². The number of hydrogen-bond acceptors (Lipinski definition) is 1. The molecule has 2 N–H and O–H groups in total. The molecule has 0 heterocycles. The molecule has 0 fully saturated rings. The lowest BCUT2D eigenvalue weighted by Gasteiger charge is -2.46. The summed E-state index contributed by atoms with van der Waals surface area (Å²) in [7, 11) is 0. The molecule has 1 heteroatoms. The van der Waals surface area contributed by atoms with E-state index in [9.17, 15) is 0 Å². The summed E-state index contributed by atoms with van der Waals surface area (Å²) in [5, 5.41) is 0. The van der Waals surface area contributed by atoms with E-state index in [0.717, 1.165) is 13.0 Å². The van der Waals surface area contributed by atoms with Gasteiger partial charge in [0.2, 0.25) is 0 Å². The largest absolute Gasteiger partial charge is 0.330 e. The molecule has 0 aliphatic heterocycles. The quantitative estimate of drug-likeness (QED) is 0.691. The number of hydrogen-bond donors (Lipinski definition) is 1. The van der Waals surface area contributed by atoms with E-state index in [4.69, 9.17) is 5.73 Å². The van der Waals surface area contributed by atoms with E-state index in [1.165, 1.54) is 0 Å². The lowest BCUT2D eigenvalue weighted by molar-refractivity contribution is 0.0427. The average molecular weight is 171 g/mol. The van der Waals surface area contributed by atoms with Crippen LogP contribution < -0.4 is 5.73 Å². The van der Waals surface area contributed by atoms with Gasteiger partial charge in [-0.2, -0.15) is 0 Å². The van der Waals surface area contributed by atoms with E-state index in [0.29, 0.717) is 11.3 Å². The summed E-state index contributed by atoms with van der Waals surface area (Å²) in [4.78, 5) is 0. The van der Waals surface area contributed by atoms with Crippen LogP contribution in [0, 0.1) is 16.7 Å². The molecule has 0 saturated heterocycles. The average Bonchev–Trinajstić information content (AvgIpc) is 2.02. The molecule has 1 nitrogen and oxygen atoms in total. The van der Waals surface area contributed by atoms with Gasteiger partial charge < -0.3 is 5.73 Å². The minimum atomic E-state index is 0.279. The maximum absolute atomic E-state index is 5.84. The van der Waals surface area contributed by atoms with Crippen molar-refractivity contribution in [3.63, 3.8) is 0 Å². The Morgan fingerprint density at radius 2 is 1.58 bits per heavy atom. The van der Waals surface area contributed by atoms with E-state index in [1.807, 2.05) is 0 Å². The van der Waals surface area contributed by atoms with E-state index in [1.54, 1.807) is 0 Å². The van der Waals surface area contributed by atoms with Gasteiger partial charge in [0.05, 0.1) is 0 Å². The number of nitrogens with two attached hydrogens (primary N) is 1. The zero-order valence-corrected chi connectivity index (χ0v) is 9.57. The Morgan fingerprint density at radius 3 is 1.67 bits per heavy atom. The van der Waals surface area contributed by atoms with Crippen molar-refractivity contribution in [3.8, 4) is 0 Å². The van der Waals surface area contributed by atoms with Gasteiger partial charge in [0.1, 0.15) is 0 Å². The summed E-state index contributed by atoms with van der Waals surface area (Å²) in [6.45, 7) is 14.5. The lowest BCUT2D eigenvalue weighted by atomic mass is 9.60. The highest BCUT2D eigenvalue weighted by atomic mass is 14.6. The van der Waals surface area contributed by atoms with Gasteiger partial charge in [-0.3, -0.25) is 0 Å². The van der Waals surface area contributed by atoms with Crippen molar-refractivity contribution in [2.75, 3.05) is 6.54 Å². The van der Waals surface area contributed by atoms with Crippen LogP contribution in [0.4, 0.5) is 0 Å². The van der Waals surface area contributed by atoms with Gasteiger partial charge in [-0.25, -0.2) is 0 Å². The Bertz CT molecular complexity index is 129. The zero-order valence-electron chi connectivity index (χ0n) is 9.57. The second-order valence-corrected chi connectivity index (χ2v) is 4.99. The molecule has 1 unspecified atom stereocenters. The summed E-state index contributed by atoms with van der Waals surface area (Å²) in [5.74, 6) is 0.686. The fourth-order valence-corrected chi connectivity index (χ4v) is 1.56. The Morgan fingerprint density at radius 1 is 1.17 bits per heavy atom. The van der Waals surface area contributed by atoms with Crippen molar-refractivity contribution >= 4 is 0 Å². The van der Waals surface area contributed by atoms with Crippen molar-refractivity contribution in [3.05, 3.63) is 0 Å². The molecule has 0 spiro atoms. The smallest absolute Gasteiger partial charge is 0.00181 e. The Hall–Kier alpha value is -0.0400. The first-order valence-corrected chi connectivity index (χ1v) is 5.02. The molecule has 0 radical (unpaired) electrons. The molecule has 0 aliphatic carbocycles. The fourth-order valence-electron chi connectivity index (χ4n) is 1.56. The molecular formula is C11H25N. The third kappa shape index (κ3) is 1.82. The van der Waals surface area contributed by atoms with Crippen LogP contribution in [0.15, 0.2) is 0 Å². The van der Waals surface area contributed by atoms with Crippen LogP contribution in [0.5, 0.6) is 0 Å². The summed E-state index contributed by atoms with van der Waals surface area (Å²) in [5.41, 5.74) is 6.45. The minimum Gasteiger partial charge on any atom is -0.330 e. The second-order valence-electron chi connectivity index (χ2n) is 4.99. The molecule has 0 rings (SSSR count). The zero-order chi connectivity index (χ0) is 9.99. The monoisotopic (exact) mass is 171 g/mol. The van der Waals surface area contributed by atoms with E-state index >= 15 is 0 Å². The maximum atomic E-state index is 5.84. The molecule has 12 heavy (non-hydrogen) atoms. The van der Waals surface area contributed by atoms with Crippen molar-refractivity contribution in [2.24, 2.45) is 22.5 Å². The van der Waals surface area contributed by atoms with E-state index in [-0.39, 0.29) is 5.41 Å². The third-order valence-electron chi connectivity index (χ3n) is 4.23. The van der Waals surface area contributed by atoms with E-state index in [2.05, 4.69) is 41.5 Å². The molecule has 74 valence electrons. The summed E-state index contributed by atoms with van der Waals surface area (Å²) in [6.07, 6.45) is 1.16. The first-order chi connectivity index (χ1) is 5.31. The third-order valence-corrected chi connectivity index (χ3v) is 4.23. The minimum absolute atomic E-state index is 0.279. The molecule has 0 amide bonds. The van der Waals surface area contributed by atoms with Gasteiger partial charge in [-0.15, -0.1) is 0 Å². The first kappa shape index (κ1) is 12.0. The van der Waals surface area contributed by atoms with Gasteiger partial charge in [0.15, 0.2) is 0 Å². The first-order valence-electron chi connectivity index (χ1n) is 5.02. The fraction of sp³-hybridized carbons (Fsp3) is 1.00. The highest BCUT2D eigenvalue weighted by Crippen LogP contribution is 2.45. The van der Waals surface area contributed by atoms with Crippen molar-refractivity contribution in [1.29, 1.82) is 0 Å². The van der Waals surface area contributed by atoms with Crippen molar-refractivity contribution in [1.82, 2.24) is 0 Å². The molecule has 0 aromatic rings.